The van der Waals surface area contributed by atoms with E-state index < -0.39 is 29.4 Å². The van der Waals surface area contributed by atoms with Crippen molar-refractivity contribution in [3.05, 3.63) is 29.3 Å². The van der Waals surface area contributed by atoms with Crippen LogP contribution < -0.4 is 0 Å². The predicted octanol–water partition coefficient (Wildman–Crippen LogP) is 0.208. The minimum Gasteiger partial charge on any atom is -0.507 e. The first-order valence-corrected chi connectivity index (χ1v) is 3.90. The van der Waals surface area contributed by atoms with Crippen LogP contribution in [0, 0.1) is 0 Å². The Hall–Kier alpha value is -2.08. The third-order valence-electron chi connectivity index (χ3n) is 1.80. The number of aliphatic carboxylic acids is 1. The SMILES string of the molecule is O=C(O)c1cc(C(O)C(=O)O)ccc1O. The molecule has 6 nitrogen and oxygen atoms in total. The van der Waals surface area contributed by atoms with E-state index in [1.165, 1.54) is 0 Å². The molecule has 0 bridgehead atoms. The lowest BCUT2D eigenvalue weighted by atomic mass is 10.1. The maximum atomic E-state index is 10.6. The van der Waals surface area contributed by atoms with Crippen molar-refractivity contribution in [2.75, 3.05) is 0 Å². The molecular formula is C9H8O6. The molecule has 0 aliphatic heterocycles. The van der Waals surface area contributed by atoms with Crippen molar-refractivity contribution >= 4 is 11.9 Å². The van der Waals surface area contributed by atoms with Crippen LogP contribution in [0.3, 0.4) is 0 Å². The highest BCUT2D eigenvalue weighted by Crippen LogP contribution is 2.22. The highest BCUT2D eigenvalue weighted by Gasteiger charge is 2.19. The molecule has 80 valence electrons. The molecule has 0 amide bonds. The van der Waals surface area contributed by atoms with Gasteiger partial charge in [-0.05, 0) is 17.7 Å². The van der Waals surface area contributed by atoms with Gasteiger partial charge in [0, 0.05) is 0 Å². The van der Waals surface area contributed by atoms with Crippen LogP contribution in [0.2, 0.25) is 0 Å². The molecule has 1 aromatic rings. The first kappa shape index (κ1) is 11.0. The van der Waals surface area contributed by atoms with Gasteiger partial charge in [0.05, 0.1) is 0 Å². The lowest BCUT2D eigenvalue weighted by molar-refractivity contribution is -0.146. The highest BCUT2D eigenvalue weighted by atomic mass is 16.4. The molecule has 6 heteroatoms. The van der Waals surface area contributed by atoms with Gasteiger partial charge < -0.3 is 20.4 Å². The average molecular weight is 212 g/mol. The van der Waals surface area contributed by atoms with Crippen molar-refractivity contribution in [2.45, 2.75) is 6.10 Å². The molecule has 15 heavy (non-hydrogen) atoms. The van der Waals surface area contributed by atoms with Gasteiger partial charge in [-0.3, -0.25) is 0 Å². The first-order chi connectivity index (χ1) is 6.93. The summed E-state index contributed by atoms with van der Waals surface area (Å²) in [7, 11) is 0. The fraction of sp³-hybridized carbons (Fsp3) is 0.111. The van der Waals surface area contributed by atoms with Crippen molar-refractivity contribution in [1.82, 2.24) is 0 Å². The van der Waals surface area contributed by atoms with Crippen LogP contribution in [0.5, 0.6) is 5.75 Å². The van der Waals surface area contributed by atoms with Gasteiger partial charge >= 0.3 is 11.9 Å². The van der Waals surface area contributed by atoms with Gasteiger partial charge in [-0.25, -0.2) is 9.59 Å². The Morgan fingerprint density at radius 3 is 2.27 bits per heavy atom. The van der Waals surface area contributed by atoms with E-state index >= 15 is 0 Å². The molecule has 0 saturated carbocycles. The average Bonchev–Trinajstić information content (AvgIpc) is 2.16. The molecule has 0 saturated heterocycles. The summed E-state index contributed by atoms with van der Waals surface area (Å²) in [5.41, 5.74) is -0.550. The summed E-state index contributed by atoms with van der Waals surface area (Å²) in [5.74, 6) is -3.37. The molecule has 1 unspecified atom stereocenters. The lowest BCUT2D eigenvalue weighted by Gasteiger charge is -2.07. The van der Waals surface area contributed by atoms with Crippen LogP contribution in [-0.4, -0.2) is 32.4 Å². The van der Waals surface area contributed by atoms with Crippen LogP contribution in [-0.2, 0) is 4.79 Å². The normalized spacial score (nSPS) is 12.1. The van der Waals surface area contributed by atoms with Crippen LogP contribution in [0.4, 0.5) is 0 Å². The minimum absolute atomic E-state index is 0.0994. The number of rotatable bonds is 3. The van der Waals surface area contributed by atoms with Gasteiger partial charge in [-0.1, -0.05) is 6.07 Å². The highest BCUT2D eigenvalue weighted by molar-refractivity contribution is 5.91. The first-order valence-electron chi connectivity index (χ1n) is 3.90. The second-order valence-electron chi connectivity index (χ2n) is 2.82. The number of aromatic hydroxyl groups is 1. The zero-order chi connectivity index (χ0) is 11.6. The van der Waals surface area contributed by atoms with E-state index in [0.717, 1.165) is 18.2 Å². The molecule has 1 atom stereocenters. The number of hydrogen-bond acceptors (Lipinski definition) is 4. The smallest absolute Gasteiger partial charge is 0.339 e. The lowest BCUT2D eigenvalue weighted by Crippen LogP contribution is -2.11. The van der Waals surface area contributed by atoms with E-state index in [2.05, 4.69) is 0 Å². The van der Waals surface area contributed by atoms with E-state index in [1.807, 2.05) is 0 Å². The summed E-state index contributed by atoms with van der Waals surface area (Å²) >= 11 is 0. The standard InChI is InChI=1S/C9H8O6/c10-6-2-1-4(7(11)9(14)15)3-5(6)8(12)13/h1-3,7,10-11H,(H,12,13)(H,14,15). The number of aromatic carboxylic acids is 1. The number of carboxylic acids is 2. The van der Waals surface area contributed by atoms with Crippen LogP contribution in [0.1, 0.15) is 22.0 Å². The number of hydrogen-bond donors (Lipinski definition) is 4. The molecule has 1 aromatic carbocycles. The van der Waals surface area contributed by atoms with E-state index in [1.54, 1.807) is 0 Å². The predicted molar refractivity (Wildman–Crippen MR) is 47.7 cm³/mol. The summed E-state index contributed by atoms with van der Waals surface area (Å²) in [6.07, 6.45) is -1.80. The number of aliphatic hydroxyl groups is 1. The molecule has 0 spiro atoms. The van der Waals surface area contributed by atoms with Crippen molar-refractivity contribution in [2.24, 2.45) is 0 Å². The summed E-state index contributed by atoms with van der Waals surface area (Å²) in [6.45, 7) is 0. The van der Waals surface area contributed by atoms with Crippen molar-refractivity contribution in [3.63, 3.8) is 0 Å². The second kappa shape index (κ2) is 3.97. The second-order valence-corrected chi connectivity index (χ2v) is 2.82. The van der Waals surface area contributed by atoms with Gasteiger partial charge in [0.2, 0.25) is 0 Å². The Morgan fingerprint density at radius 1 is 1.20 bits per heavy atom. The third-order valence-corrected chi connectivity index (χ3v) is 1.80. The Labute approximate surface area is 84.0 Å². The molecule has 0 aliphatic rings. The zero-order valence-electron chi connectivity index (χ0n) is 7.41. The summed E-state index contributed by atoms with van der Waals surface area (Å²) in [5, 5.41) is 35.3. The number of aliphatic hydroxyl groups excluding tert-OH is 1. The topological polar surface area (TPSA) is 115 Å². The molecule has 0 aliphatic carbocycles. The largest absolute Gasteiger partial charge is 0.507 e. The van der Waals surface area contributed by atoms with Gasteiger partial charge in [0.15, 0.2) is 6.10 Å². The maximum absolute atomic E-state index is 10.6. The van der Waals surface area contributed by atoms with E-state index in [4.69, 9.17) is 20.4 Å². The van der Waals surface area contributed by atoms with Gasteiger partial charge in [0.25, 0.3) is 0 Å². The summed E-state index contributed by atoms with van der Waals surface area (Å²) < 4.78 is 0. The number of phenols is 1. The number of carboxylic acid groups (broad SMARTS) is 2. The van der Waals surface area contributed by atoms with Gasteiger partial charge in [-0.15, -0.1) is 0 Å². The van der Waals surface area contributed by atoms with Crippen molar-refractivity contribution in [1.29, 1.82) is 0 Å². The molecule has 0 fully saturated rings. The number of carbonyl (C=O) groups is 2. The maximum Gasteiger partial charge on any atom is 0.339 e. The van der Waals surface area contributed by atoms with Gasteiger partial charge in [-0.2, -0.15) is 0 Å². The molecule has 4 N–H and O–H groups in total. The Bertz CT molecular complexity index is 411. The quantitative estimate of drug-likeness (QED) is 0.569. The molecular weight excluding hydrogens is 204 g/mol. The molecule has 0 heterocycles. The van der Waals surface area contributed by atoms with E-state index in [9.17, 15) is 9.59 Å². The molecule has 1 rings (SSSR count). The van der Waals surface area contributed by atoms with E-state index in [0.29, 0.717) is 0 Å². The fourth-order valence-electron chi connectivity index (χ4n) is 1.04. The monoisotopic (exact) mass is 212 g/mol. The number of benzene rings is 1. The van der Waals surface area contributed by atoms with Crippen LogP contribution >= 0.6 is 0 Å². The van der Waals surface area contributed by atoms with E-state index in [-0.39, 0.29) is 5.56 Å². The third kappa shape index (κ3) is 2.23. The summed E-state index contributed by atoms with van der Waals surface area (Å²) in [4.78, 5) is 21.0. The van der Waals surface area contributed by atoms with Gasteiger partial charge in [0.1, 0.15) is 11.3 Å². The van der Waals surface area contributed by atoms with Crippen LogP contribution in [0.25, 0.3) is 0 Å². The summed E-state index contributed by atoms with van der Waals surface area (Å²) in [6, 6.07) is 3.07. The zero-order valence-corrected chi connectivity index (χ0v) is 7.41. The van der Waals surface area contributed by atoms with Crippen LogP contribution in [0.15, 0.2) is 18.2 Å². The molecule has 0 radical (unpaired) electrons. The molecule has 0 aromatic heterocycles. The fourth-order valence-corrected chi connectivity index (χ4v) is 1.04. The Morgan fingerprint density at radius 2 is 1.80 bits per heavy atom. The Kier molecular flexibility index (Phi) is 2.91. The van der Waals surface area contributed by atoms with Crippen molar-refractivity contribution in [3.8, 4) is 5.75 Å². The Balaban J connectivity index is 3.18. The van der Waals surface area contributed by atoms with Crippen molar-refractivity contribution < 1.29 is 30.0 Å². The minimum atomic E-state index is -1.80.